The molecule has 35 heavy (non-hydrogen) atoms. The molecule has 0 spiro atoms. The maximum absolute atomic E-state index is 14.6. The van der Waals surface area contributed by atoms with Gasteiger partial charge in [-0.05, 0) is 29.7 Å². The average molecular weight is 504 g/mol. The lowest BCUT2D eigenvalue weighted by Gasteiger charge is -2.36. The summed E-state index contributed by atoms with van der Waals surface area (Å²) in [5.74, 6) is -14.3. The Morgan fingerprint density at radius 2 is 1.20 bits per heavy atom. The van der Waals surface area contributed by atoms with Gasteiger partial charge in [0.15, 0.2) is 11.6 Å². The van der Waals surface area contributed by atoms with Crippen molar-refractivity contribution in [2.75, 3.05) is 13.1 Å². The van der Waals surface area contributed by atoms with Crippen LogP contribution in [0.2, 0.25) is 0 Å². The standard InChI is InChI=1S/C23H19F7N2O3/c1-13-4-2-5-14(19(13)25)9-22(27,28)11-31-17(33)8-18(34)32(21(31)35)12-23(29,30)10-15-6-3-7-16(24)20(15)26/h2-7H,8-12H2,1H3. The van der Waals surface area contributed by atoms with E-state index in [9.17, 15) is 45.1 Å². The molecule has 1 fully saturated rings. The van der Waals surface area contributed by atoms with E-state index in [2.05, 4.69) is 0 Å². The first-order valence-electron chi connectivity index (χ1n) is 10.3. The molecule has 0 N–H and O–H groups in total. The van der Waals surface area contributed by atoms with Crippen LogP contribution in [-0.4, -0.2) is 52.6 Å². The minimum absolute atomic E-state index is 0.0477. The summed E-state index contributed by atoms with van der Waals surface area (Å²) in [5.41, 5.74) is -1.02. The van der Waals surface area contributed by atoms with Crippen LogP contribution in [0.5, 0.6) is 0 Å². The van der Waals surface area contributed by atoms with Crippen LogP contribution in [0.4, 0.5) is 35.5 Å². The van der Waals surface area contributed by atoms with E-state index in [1.54, 1.807) is 0 Å². The normalized spacial score (nSPS) is 15.3. The van der Waals surface area contributed by atoms with Crippen LogP contribution in [0.15, 0.2) is 36.4 Å². The molecular weight excluding hydrogens is 485 g/mol. The van der Waals surface area contributed by atoms with Crippen LogP contribution in [0, 0.1) is 24.4 Å². The number of benzene rings is 2. The van der Waals surface area contributed by atoms with Crippen molar-refractivity contribution in [3.63, 3.8) is 0 Å². The van der Waals surface area contributed by atoms with E-state index in [4.69, 9.17) is 0 Å². The van der Waals surface area contributed by atoms with E-state index in [-0.39, 0.29) is 20.9 Å². The first kappa shape index (κ1) is 26.2. The molecule has 1 heterocycles. The number of nitrogens with zero attached hydrogens (tertiary/aromatic N) is 2. The molecule has 0 radical (unpaired) electrons. The molecule has 0 saturated carbocycles. The Kier molecular flexibility index (Phi) is 7.23. The van der Waals surface area contributed by atoms with Crippen LogP contribution < -0.4 is 0 Å². The van der Waals surface area contributed by atoms with Crippen LogP contribution in [0.3, 0.4) is 0 Å². The molecule has 0 aliphatic carbocycles. The Bertz CT molecular complexity index is 1080. The first-order valence-corrected chi connectivity index (χ1v) is 10.3. The highest BCUT2D eigenvalue weighted by atomic mass is 19.3. The molecule has 0 unspecified atom stereocenters. The number of urea groups is 1. The third-order valence-electron chi connectivity index (χ3n) is 5.35. The number of hydrogen-bond donors (Lipinski definition) is 0. The van der Waals surface area contributed by atoms with Gasteiger partial charge in [0.1, 0.15) is 12.2 Å². The fourth-order valence-corrected chi connectivity index (χ4v) is 3.65. The van der Waals surface area contributed by atoms with E-state index >= 15 is 0 Å². The smallest absolute Gasteiger partial charge is 0.274 e. The molecule has 0 aromatic heterocycles. The first-order chi connectivity index (χ1) is 16.2. The summed E-state index contributed by atoms with van der Waals surface area (Å²) >= 11 is 0. The number of carbonyl (C=O) groups is 3. The quantitative estimate of drug-likeness (QED) is 0.389. The zero-order chi connectivity index (χ0) is 26.1. The third-order valence-corrected chi connectivity index (χ3v) is 5.35. The number of barbiturate groups is 1. The molecule has 1 aliphatic rings. The Labute approximate surface area is 195 Å². The molecule has 2 aromatic carbocycles. The molecule has 188 valence electrons. The number of amides is 4. The van der Waals surface area contributed by atoms with E-state index in [1.165, 1.54) is 19.1 Å². The molecule has 1 aliphatic heterocycles. The molecule has 0 bridgehead atoms. The highest BCUT2D eigenvalue weighted by Gasteiger charge is 2.47. The zero-order valence-corrected chi connectivity index (χ0v) is 18.3. The topological polar surface area (TPSA) is 57.7 Å². The average Bonchev–Trinajstić information content (AvgIpc) is 2.75. The largest absolute Gasteiger partial charge is 0.333 e. The van der Waals surface area contributed by atoms with Gasteiger partial charge in [0.05, 0.1) is 13.1 Å². The fraction of sp³-hybridized carbons (Fsp3) is 0.348. The van der Waals surface area contributed by atoms with Crippen LogP contribution in [0.25, 0.3) is 0 Å². The van der Waals surface area contributed by atoms with E-state index in [1.807, 2.05) is 0 Å². The second-order valence-electron chi connectivity index (χ2n) is 8.25. The summed E-state index contributed by atoms with van der Waals surface area (Å²) in [6, 6.07) is 4.65. The number of alkyl halides is 4. The Hall–Kier alpha value is -3.44. The second kappa shape index (κ2) is 9.67. The monoisotopic (exact) mass is 504 g/mol. The minimum atomic E-state index is -3.97. The van der Waals surface area contributed by atoms with Gasteiger partial charge in [-0.3, -0.25) is 19.4 Å². The van der Waals surface area contributed by atoms with Crippen molar-refractivity contribution in [2.45, 2.75) is 38.0 Å². The summed E-state index contributed by atoms with van der Waals surface area (Å²) in [7, 11) is 0. The Morgan fingerprint density at radius 3 is 1.71 bits per heavy atom. The van der Waals surface area contributed by atoms with Crippen LogP contribution >= 0.6 is 0 Å². The van der Waals surface area contributed by atoms with Crippen LogP contribution in [0.1, 0.15) is 23.1 Å². The van der Waals surface area contributed by atoms with Crippen molar-refractivity contribution in [3.8, 4) is 0 Å². The Balaban J connectivity index is 1.77. The zero-order valence-electron chi connectivity index (χ0n) is 18.3. The second-order valence-corrected chi connectivity index (χ2v) is 8.25. The van der Waals surface area contributed by atoms with Crippen molar-refractivity contribution >= 4 is 17.8 Å². The Morgan fingerprint density at radius 1 is 0.743 bits per heavy atom. The summed E-state index contributed by atoms with van der Waals surface area (Å²) in [6.45, 7) is -1.87. The number of hydrogen-bond acceptors (Lipinski definition) is 3. The third kappa shape index (κ3) is 5.98. The molecule has 3 rings (SSSR count). The molecule has 5 nitrogen and oxygen atoms in total. The fourth-order valence-electron chi connectivity index (χ4n) is 3.65. The van der Waals surface area contributed by atoms with Gasteiger partial charge in [0, 0.05) is 12.8 Å². The molecule has 1 saturated heterocycles. The number of rotatable bonds is 8. The van der Waals surface area contributed by atoms with Crippen molar-refractivity contribution in [1.29, 1.82) is 0 Å². The van der Waals surface area contributed by atoms with Crippen molar-refractivity contribution in [3.05, 3.63) is 70.5 Å². The van der Waals surface area contributed by atoms with Gasteiger partial charge in [0.25, 0.3) is 11.8 Å². The minimum Gasteiger partial charge on any atom is -0.274 e. The predicted molar refractivity (Wildman–Crippen MR) is 108 cm³/mol. The lowest BCUT2D eigenvalue weighted by atomic mass is 10.0. The number of imide groups is 2. The van der Waals surface area contributed by atoms with Crippen molar-refractivity contribution < 1.29 is 45.1 Å². The SMILES string of the molecule is Cc1cccc(CC(F)(F)CN2C(=O)CC(=O)N(CC(F)(F)Cc3cccc(F)c3F)C2=O)c1F. The summed E-state index contributed by atoms with van der Waals surface area (Å²) in [4.78, 5) is 36.7. The van der Waals surface area contributed by atoms with Gasteiger partial charge in [-0.2, -0.15) is 0 Å². The summed E-state index contributed by atoms with van der Waals surface area (Å²) < 4.78 is 99.6. The lowest BCUT2D eigenvalue weighted by molar-refractivity contribution is -0.149. The van der Waals surface area contributed by atoms with Gasteiger partial charge in [-0.1, -0.05) is 30.3 Å². The number of aryl methyl sites for hydroxylation is 1. The van der Waals surface area contributed by atoms with E-state index in [0.29, 0.717) is 6.07 Å². The lowest BCUT2D eigenvalue weighted by Crippen LogP contribution is -2.60. The van der Waals surface area contributed by atoms with Gasteiger partial charge in [-0.15, -0.1) is 0 Å². The van der Waals surface area contributed by atoms with Crippen molar-refractivity contribution in [2.24, 2.45) is 0 Å². The summed E-state index contributed by atoms with van der Waals surface area (Å²) in [5, 5.41) is 0. The summed E-state index contributed by atoms with van der Waals surface area (Å²) in [6.07, 6.45) is -3.73. The molecule has 4 amide bonds. The maximum Gasteiger partial charge on any atom is 0.333 e. The van der Waals surface area contributed by atoms with E-state index < -0.39 is 85.1 Å². The highest BCUT2D eigenvalue weighted by Crippen LogP contribution is 2.29. The molecule has 2 aromatic rings. The number of halogens is 7. The van der Waals surface area contributed by atoms with Gasteiger partial charge in [-0.25, -0.2) is 35.5 Å². The maximum atomic E-state index is 14.6. The van der Waals surface area contributed by atoms with E-state index in [0.717, 1.165) is 18.2 Å². The number of carbonyl (C=O) groups excluding carboxylic acids is 3. The van der Waals surface area contributed by atoms with Gasteiger partial charge in [0.2, 0.25) is 11.8 Å². The molecule has 0 atom stereocenters. The highest BCUT2D eigenvalue weighted by molar-refractivity contribution is 6.14. The molecular formula is C23H19F7N2O3. The van der Waals surface area contributed by atoms with Gasteiger partial charge < -0.3 is 0 Å². The van der Waals surface area contributed by atoms with Crippen LogP contribution in [-0.2, 0) is 22.4 Å². The van der Waals surface area contributed by atoms with Gasteiger partial charge >= 0.3 is 6.03 Å². The van der Waals surface area contributed by atoms with Crippen molar-refractivity contribution in [1.82, 2.24) is 9.80 Å². The molecule has 12 heteroatoms. The predicted octanol–water partition coefficient (Wildman–Crippen LogP) is 4.65.